The molecular formula is C12H14N2OS. The highest BCUT2D eigenvalue weighted by Crippen LogP contribution is 2.28. The predicted molar refractivity (Wildman–Crippen MR) is 63.4 cm³/mol. The molecule has 0 saturated carbocycles. The minimum absolute atomic E-state index is 0.578. The average molecular weight is 234 g/mol. The number of aryl methyl sites for hydroxylation is 1. The summed E-state index contributed by atoms with van der Waals surface area (Å²) in [5.41, 5.74) is 1.61. The summed E-state index contributed by atoms with van der Waals surface area (Å²) < 4.78 is 5.32. The van der Waals surface area contributed by atoms with E-state index in [1.807, 2.05) is 19.1 Å². The Bertz CT molecular complexity index is 408. The highest BCUT2D eigenvalue weighted by Gasteiger charge is 2.16. The van der Waals surface area contributed by atoms with Gasteiger partial charge in [-0.05, 0) is 31.9 Å². The van der Waals surface area contributed by atoms with E-state index in [1.54, 1.807) is 11.8 Å². The van der Waals surface area contributed by atoms with Gasteiger partial charge in [0.25, 0.3) is 0 Å². The molecule has 2 heterocycles. The number of hydrogen-bond donors (Lipinski definition) is 0. The van der Waals surface area contributed by atoms with Crippen molar-refractivity contribution in [1.82, 2.24) is 4.98 Å². The Labute approximate surface area is 99.8 Å². The second-order valence-electron chi connectivity index (χ2n) is 3.88. The molecule has 0 spiro atoms. The standard InChI is InChI=1S/C12H14N2OS/c1-9-6-10(8-13)7-12(14-9)16-11-2-4-15-5-3-11/h6-7,11H,2-5H2,1H3. The molecule has 0 unspecified atom stereocenters. The lowest BCUT2D eigenvalue weighted by molar-refractivity contribution is 0.1000. The Kier molecular flexibility index (Phi) is 3.81. The van der Waals surface area contributed by atoms with Gasteiger partial charge in [-0.2, -0.15) is 5.26 Å². The summed E-state index contributed by atoms with van der Waals surface area (Å²) >= 11 is 1.77. The van der Waals surface area contributed by atoms with Gasteiger partial charge in [0.2, 0.25) is 0 Å². The summed E-state index contributed by atoms with van der Waals surface area (Å²) in [5, 5.41) is 10.4. The van der Waals surface area contributed by atoms with Gasteiger partial charge in [0, 0.05) is 24.2 Å². The van der Waals surface area contributed by atoms with Crippen LogP contribution in [-0.4, -0.2) is 23.4 Å². The Hall–Kier alpha value is -1.05. The van der Waals surface area contributed by atoms with E-state index in [0.29, 0.717) is 10.8 Å². The lowest BCUT2D eigenvalue weighted by Crippen LogP contribution is -2.17. The Morgan fingerprint density at radius 2 is 2.19 bits per heavy atom. The fourth-order valence-electron chi connectivity index (χ4n) is 1.73. The van der Waals surface area contributed by atoms with Gasteiger partial charge in [-0.3, -0.25) is 0 Å². The Morgan fingerprint density at radius 1 is 1.44 bits per heavy atom. The highest BCUT2D eigenvalue weighted by atomic mass is 32.2. The van der Waals surface area contributed by atoms with Crippen LogP contribution in [0, 0.1) is 18.3 Å². The fourth-order valence-corrected chi connectivity index (χ4v) is 2.89. The van der Waals surface area contributed by atoms with E-state index in [0.717, 1.165) is 36.8 Å². The molecule has 1 aliphatic rings. The average Bonchev–Trinajstić information content (AvgIpc) is 2.29. The summed E-state index contributed by atoms with van der Waals surface area (Å²) in [7, 11) is 0. The molecule has 0 aromatic carbocycles. The molecule has 0 N–H and O–H groups in total. The number of hydrogen-bond acceptors (Lipinski definition) is 4. The maximum atomic E-state index is 8.89. The van der Waals surface area contributed by atoms with Crippen LogP contribution < -0.4 is 0 Å². The number of ether oxygens (including phenoxy) is 1. The summed E-state index contributed by atoms with van der Waals surface area (Å²) in [5.74, 6) is 0. The minimum atomic E-state index is 0.578. The lowest BCUT2D eigenvalue weighted by atomic mass is 10.2. The van der Waals surface area contributed by atoms with Crippen molar-refractivity contribution in [2.75, 3.05) is 13.2 Å². The maximum absolute atomic E-state index is 8.89. The van der Waals surface area contributed by atoms with Crippen LogP contribution in [0.2, 0.25) is 0 Å². The van der Waals surface area contributed by atoms with Gasteiger partial charge in [0.1, 0.15) is 0 Å². The molecule has 1 aliphatic heterocycles. The molecule has 0 amide bonds. The first kappa shape index (κ1) is 11.4. The van der Waals surface area contributed by atoms with Crippen molar-refractivity contribution in [3.8, 4) is 6.07 Å². The third-order valence-corrected chi connectivity index (χ3v) is 3.77. The van der Waals surface area contributed by atoms with E-state index in [4.69, 9.17) is 10.00 Å². The number of rotatable bonds is 2. The van der Waals surface area contributed by atoms with Gasteiger partial charge in [0.15, 0.2) is 0 Å². The van der Waals surface area contributed by atoms with E-state index < -0.39 is 0 Å². The van der Waals surface area contributed by atoms with Crippen molar-refractivity contribution in [1.29, 1.82) is 5.26 Å². The maximum Gasteiger partial charge on any atom is 0.0993 e. The van der Waals surface area contributed by atoms with Crippen LogP contribution in [0.5, 0.6) is 0 Å². The van der Waals surface area contributed by atoms with Gasteiger partial charge in [0.05, 0.1) is 16.7 Å². The zero-order valence-electron chi connectivity index (χ0n) is 9.27. The van der Waals surface area contributed by atoms with Gasteiger partial charge in [-0.1, -0.05) is 0 Å². The molecule has 0 atom stereocenters. The molecule has 2 rings (SSSR count). The summed E-state index contributed by atoms with van der Waals surface area (Å²) in [6, 6.07) is 5.85. The smallest absolute Gasteiger partial charge is 0.0993 e. The second kappa shape index (κ2) is 5.33. The largest absolute Gasteiger partial charge is 0.381 e. The third kappa shape index (κ3) is 2.97. The molecule has 3 nitrogen and oxygen atoms in total. The first-order valence-corrected chi connectivity index (χ1v) is 6.29. The predicted octanol–water partition coefficient (Wildman–Crippen LogP) is 2.53. The van der Waals surface area contributed by atoms with Crippen molar-refractivity contribution in [2.24, 2.45) is 0 Å². The third-order valence-electron chi connectivity index (χ3n) is 2.51. The molecule has 4 heteroatoms. The lowest BCUT2D eigenvalue weighted by Gasteiger charge is -2.21. The van der Waals surface area contributed by atoms with Gasteiger partial charge < -0.3 is 4.74 Å². The van der Waals surface area contributed by atoms with Crippen LogP contribution in [0.1, 0.15) is 24.1 Å². The highest BCUT2D eigenvalue weighted by molar-refractivity contribution is 7.99. The summed E-state index contributed by atoms with van der Waals surface area (Å²) in [6.07, 6.45) is 2.14. The normalized spacial score (nSPS) is 17.0. The first-order chi connectivity index (χ1) is 7.78. The van der Waals surface area contributed by atoms with Crippen molar-refractivity contribution in [2.45, 2.75) is 30.0 Å². The van der Waals surface area contributed by atoms with Gasteiger partial charge >= 0.3 is 0 Å². The SMILES string of the molecule is Cc1cc(C#N)cc(SC2CCOCC2)n1. The van der Waals surface area contributed by atoms with Crippen molar-refractivity contribution in [3.63, 3.8) is 0 Å². The van der Waals surface area contributed by atoms with Crippen molar-refractivity contribution >= 4 is 11.8 Å². The summed E-state index contributed by atoms with van der Waals surface area (Å²) in [4.78, 5) is 4.45. The monoisotopic (exact) mass is 234 g/mol. The number of nitrogens with zero attached hydrogens (tertiary/aromatic N) is 2. The van der Waals surface area contributed by atoms with E-state index in [9.17, 15) is 0 Å². The number of pyridine rings is 1. The number of thioether (sulfide) groups is 1. The van der Waals surface area contributed by atoms with Gasteiger partial charge in [-0.25, -0.2) is 4.98 Å². The quantitative estimate of drug-likeness (QED) is 0.789. The van der Waals surface area contributed by atoms with Crippen molar-refractivity contribution in [3.05, 3.63) is 23.4 Å². The molecular weight excluding hydrogens is 220 g/mol. The fraction of sp³-hybridized carbons (Fsp3) is 0.500. The first-order valence-electron chi connectivity index (χ1n) is 5.41. The number of aromatic nitrogens is 1. The Balaban J connectivity index is 2.08. The van der Waals surface area contributed by atoms with E-state index >= 15 is 0 Å². The van der Waals surface area contributed by atoms with Crippen LogP contribution >= 0.6 is 11.8 Å². The van der Waals surface area contributed by atoms with Crippen LogP contribution in [0.15, 0.2) is 17.2 Å². The molecule has 0 radical (unpaired) electrons. The molecule has 84 valence electrons. The molecule has 1 aromatic heterocycles. The molecule has 1 saturated heterocycles. The molecule has 1 aromatic rings. The van der Waals surface area contributed by atoms with Crippen LogP contribution in [-0.2, 0) is 4.74 Å². The molecule has 0 bridgehead atoms. The number of nitriles is 1. The van der Waals surface area contributed by atoms with Crippen LogP contribution in [0.4, 0.5) is 0 Å². The molecule has 16 heavy (non-hydrogen) atoms. The van der Waals surface area contributed by atoms with Crippen molar-refractivity contribution < 1.29 is 4.74 Å². The van der Waals surface area contributed by atoms with E-state index in [1.165, 1.54) is 0 Å². The van der Waals surface area contributed by atoms with Crippen LogP contribution in [0.3, 0.4) is 0 Å². The zero-order valence-corrected chi connectivity index (χ0v) is 10.1. The molecule has 0 aliphatic carbocycles. The minimum Gasteiger partial charge on any atom is -0.381 e. The summed E-state index contributed by atoms with van der Waals surface area (Å²) in [6.45, 7) is 3.61. The van der Waals surface area contributed by atoms with Crippen LogP contribution in [0.25, 0.3) is 0 Å². The Morgan fingerprint density at radius 3 is 2.88 bits per heavy atom. The topological polar surface area (TPSA) is 45.9 Å². The van der Waals surface area contributed by atoms with E-state index in [2.05, 4.69) is 11.1 Å². The van der Waals surface area contributed by atoms with E-state index in [-0.39, 0.29) is 0 Å². The molecule has 1 fully saturated rings. The van der Waals surface area contributed by atoms with Gasteiger partial charge in [-0.15, -0.1) is 11.8 Å². The zero-order chi connectivity index (χ0) is 11.4. The second-order valence-corrected chi connectivity index (χ2v) is 5.20.